The van der Waals surface area contributed by atoms with Gasteiger partial charge in [0.2, 0.25) is 4.38 Å². The van der Waals surface area contributed by atoms with Gasteiger partial charge in [0.1, 0.15) is 11.9 Å². The van der Waals surface area contributed by atoms with Gasteiger partial charge in [-0.3, -0.25) is 19.7 Å². The van der Waals surface area contributed by atoms with Crippen LogP contribution >= 0.6 is 24.0 Å². The highest BCUT2D eigenvalue weighted by atomic mass is 32.2. The number of esters is 2. The lowest BCUT2D eigenvalue weighted by Crippen LogP contribution is -2.52. The highest BCUT2D eigenvalue weighted by Gasteiger charge is 2.55. The highest BCUT2D eigenvalue weighted by Crippen LogP contribution is 2.45. The lowest BCUT2D eigenvalue weighted by atomic mass is 9.91. The molecule has 200 valence electrons. The third kappa shape index (κ3) is 8.60. The first-order valence-corrected chi connectivity index (χ1v) is 12.5. The summed E-state index contributed by atoms with van der Waals surface area (Å²) >= 11 is 6.19. The zero-order chi connectivity index (χ0) is 27.4. The zero-order valence-corrected chi connectivity index (χ0v) is 22.6. The Hall–Kier alpha value is -3.38. The van der Waals surface area contributed by atoms with E-state index in [2.05, 4.69) is 0 Å². The Bertz CT molecular complexity index is 1080. The first kappa shape index (κ1) is 29.8. The molecule has 2 aromatic carbocycles. The van der Waals surface area contributed by atoms with Crippen LogP contribution in [-0.2, 0) is 30.4 Å². The van der Waals surface area contributed by atoms with Crippen LogP contribution in [0.25, 0.3) is 0 Å². The molecule has 0 saturated heterocycles. The van der Waals surface area contributed by atoms with E-state index in [-0.39, 0.29) is 17.6 Å². The molecule has 0 saturated carbocycles. The lowest BCUT2D eigenvalue weighted by molar-refractivity contribution is -0.576. The van der Waals surface area contributed by atoms with Gasteiger partial charge in [0.05, 0.1) is 13.7 Å². The maximum absolute atomic E-state index is 12.6. The number of benzene rings is 2. The Kier molecular flexibility index (Phi) is 11.6. The van der Waals surface area contributed by atoms with Crippen molar-refractivity contribution in [1.29, 1.82) is 0 Å². The van der Waals surface area contributed by atoms with Gasteiger partial charge in [0.25, 0.3) is 0 Å². The smallest absolute Gasteiger partial charge is 0.304 e. The lowest BCUT2D eigenvalue weighted by Gasteiger charge is -2.32. The molecule has 1 atom stereocenters. The number of carbonyl (C=O) groups excluding carboxylic acids is 2. The molecule has 0 bridgehead atoms. The van der Waals surface area contributed by atoms with Crippen LogP contribution in [0.1, 0.15) is 37.1 Å². The minimum absolute atomic E-state index is 0.0342. The van der Waals surface area contributed by atoms with Crippen molar-refractivity contribution in [3.05, 3.63) is 69.8 Å². The fraction of sp³-hybridized carbons (Fsp3) is 0.400. The van der Waals surface area contributed by atoms with E-state index in [0.29, 0.717) is 17.1 Å². The Morgan fingerprint density at radius 2 is 1.65 bits per heavy atom. The minimum atomic E-state index is -2.10. The van der Waals surface area contributed by atoms with Crippen LogP contribution in [0.4, 0.5) is 0 Å². The van der Waals surface area contributed by atoms with Crippen molar-refractivity contribution in [3.8, 4) is 11.5 Å². The molecule has 0 amide bonds. The summed E-state index contributed by atoms with van der Waals surface area (Å²) in [4.78, 5) is 35.3. The van der Waals surface area contributed by atoms with Crippen molar-refractivity contribution < 1.29 is 38.2 Å². The third-order valence-corrected chi connectivity index (χ3v) is 6.77. The largest absolute Gasteiger partial charge is 0.493 e. The van der Waals surface area contributed by atoms with Crippen LogP contribution < -0.4 is 9.47 Å². The van der Waals surface area contributed by atoms with E-state index in [4.69, 9.17) is 35.9 Å². The summed E-state index contributed by atoms with van der Waals surface area (Å²) in [6, 6.07) is 14.2. The van der Waals surface area contributed by atoms with Gasteiger partial charge in [-0.2, -0.15) is 0 Å². The Morgan fingerprint density at radius 3 is 2.16 bits per heavy atom. The summed E-state index contributed by atoms with van der Waals surface area (Å²) in [5, 5.41) is 11.5. The van der Waals surface area contributed by atoms with Gasteiger partial charge in [0, 0.05) is 18.8 Å². The average Bonchev–Trinajstić information content (AvgIpc) is 2.87. The van der Waals surface area contributed by atoms with Crippen molar-refractivity contribution in [2.75, 3.05) is 26.9 Å². The number of thiocarbonyl (C=S) groups is 1. The number of hydrogen-bond acceptors (Lipinski definition) is 11. The summed E-state index contributed by atoms with van der Waals surface area (Å²) in [5.74, 6) is -0.727. The van der Waals surface area contributed by atoms with E-state index in [1.807, 2.05) is 30.3 Å². The van der Waals surface area contributed by atoms with E-state index < -0.39 is 40.9 Å². The number of thioether (sulfide) groups is 1. The van der Waals surface area contributed by atoms with Gasteiger partial charge in [0.15, 0.2) is 24.7 Å². The van der Waals surface area contributed by atoms with Crippen molar-refractivity contribution in [1.82, 2.24) is 0 Å². The van der Waals surface area contributed by atoms with Crippen LogP contribution in [0.2, 0.25) is 0 Å². The van der Waals surface area contributed by atoms with E-state index in [9.17, 15) is 19.7 Å². The second-order valence-electron chi connectivity index (χ2n) is 7.79. The summed E-state index contributed by atoms with van der Waals surface area (Å²) < 4.78 is 27.0. The molecule has 12 heteroatoms. The molecule has 37 heavy (non-hydrogen) atoms. The summed E-state index contributed by atoms with van der Waals surface area (Å²) in [6.07, 6.45) is 0. The number of rotatable bonds is 13. The fourth-order valence-electron chi connectivity index (χ4n) is 3.29. The molecule has 2 aromatic rings. The van der Waals surface area contributed by atoms with Crippen molar-refractivity contribution in [2.24, 2.45) is 0 Å². The normalized spacial score (nSPS) is 11.7. The number of hydrogen-bond donors (Lipinski definition) is 0. The monoisotopic (exact) mass is 551 g/mol. The van der Waals surface area contributed by atoms with E-state index in [1.54, 1.807) is 25.1 Å². The SMILES string of the molecule is CCOC(=S)SC(c1ccc(OC)c(OCc2ccccc2)c1)C(COC(C)=O)(COC(C)=O)[N+](=O)[O-]. The molecule has 0 fully saturated rings. The van der Waals surface area contributed by atoms with Crippen LogP contribution in [0.3, 0.4) is 0 Å². The van der Waals surface area contributed by atoms with Crippen LogP contribution in [-0.4, -0.2) is 53.7 Å². The summed E-state index contributed by atoms with van der Waals surface area (Å²) in [7, 11) is 1.48. The Balaban J connectivity index is 2.60. The molecule has 0 radical (unpaired) electrons. The van der Waals surface area contributed by atoms with Crippen molar-refractivity contribution >= 4 is 40.3 Å². The highest BCUT2D eigenvalue weighted by molar-refractivity contribution is 8.22. The molecule has 10 nitrogen and oxygen atoms in total. The van der Waals surface area contributed by atoms with Crippen LogP contribution in [0.5, 0.6) is 11.5 Å². The van der Waals surface area contributed by atoms with Gasteiger partial charge in [-0.1, -0.05) is 48.2 Å². The molecule has 1 unspecified atom stereocenters. The minimum Gasteiger partial charge on any atom is -0.493 e. The standard InChI is InChI=1S/C25H29NO9S2/c1-5-32-24(36)37-23(25(26(29)30,15-34-17(2)27)16-35-18(3)28)20-11-12-21(31-4)22(13-20)33-14-19-9-7-6-8-10-19/h6-13,23H,5,14-16H2,1-4H3. The summed E-state index contributed by atoms with van der Waals surface area (Å²) in [5.41, 5.74) is -0.802. The number of ether oxygens (including phenoxy) is 5. The quantitative estimate of drug-likeness (QED) is 0.151. The summed E-state index contributed by atoms with van der Waals surface area (Å²) in [6.45, 7) is 3.09. The van der Waals surface area contributed by atoms with Gasteiger partial charge < -0.3 is 23.7 Å². The number of nitro groups is 1. The van der Waals surface area contributed by atoms with Crippen LogP contribution in [0, 0.1) is 10.1 Å². The molecule has 0 heterocycles. The molecule has 0 N–H and O–H groups in total. The number of methoxy groups -OCH3 is 1. The van der Waals surface area contributed by atoms with Gasteiger partial charge in [-0.25, -0.2) is 0 Å². The molecular formula is C25H29NO9S2. The molecular weight excluding hydrogens is 522 g/mol. The zero-order valence-electron chi connectivity index (χ0n) is 21.0. The second kappa shape index (κ2) is 14.4. The predicted octanol–water partition coefficient (Wildman–Crippen LogP) is 4.51. The Morgan fingerprint density at radius 1 is 1.03 bits per heavy atom. The maximum Gasteiger partial charge on any atom is 0.304 e. The number of nitrogens with zero attached hydrogens (tertiary/aromatic N) is 1. The van der Waals surface area contributed by atoms with Gasteiger partial charge in [-0.05, 0) is 42.4 Å². The molecule has 0 spiro atoms. The van der Waals surface area contributed by atoms with Crippen molar-refractivity contribution in [2.45, 2.75) is 38.2 Å². The molecule has 0 aliphatic heterocycles. The maximum atomic E-state index is 12.6. The van der Waals surface area contributed by atoms with E-state index in [0.717, 1.165) is 31.2 Å². The van der Waals surface area contributed by atoms with Crippen LogP contribution in [0.15, 0.2) is 48.5 Å². The number of carbonyl (C=O) groups is 2. The predicted molar refractivity (Wildman–Crippen MR) is 141 cm³/mol. The average molecular weight is 552 g/mol. The molecule has 0 aliphatic carbocycles. The Labute approximate surface area is 224 Å². The first-order chi connectivity index (χ1) is 17.6. The van der Waals surface area contributed by atoms with E-state index >= 15 is 0 Å². The van der Waals surface area contributed by atoms with E-state index in [1.165, 1.54) is 7.11 Å². The third-order valence-electron chi connectivity index (χ3n) is 5.11. The fourth-order valence-corrected chi connectivity index (χ4v) is 4.80. The van der Waals surface area contributed by atoms with Gasteiger partial charge in [-0.15, -0.1) is 0 Å². The second-order valence-corrected chi connectivity index (χ2v) is 9.49. The molecule has 0 aliphatic rings. The molecule has 0 aromatic heterocycles. The first-order valence-electron chi connectivity index (χ1n) is 11.2. The van der Waals surface area contributed by atoms with Crippen molar-refractivity contribution in [3.63, 3.8) is 0 Å². The topological polar surface area (TPSA) is 123 Å². The molecule has 2 rings (SSSR count). The van der Waals surface area contributed by atoms with Gasteiger partial charge >= 0.3 is 17.5 Å².